The summed E-state index contributed by atoms with van der Waals surface area (Å²) in [6, 6.07) is 13.7. The molecule has 0 bridgehead atoms. The molecule has 1 aliphatic rings. The van der Waals surface area contributed by atoms with Crippen LogP contribution < -0.4 is 15.4 Å². The van der Waals surface area contributed by atoms with E-state index in [1.807, 2.05) is 0 Å². The molecule has 32 heavy (non-hydrogen) atoms. The van der Waals surface area contributed by atoms with E-state index in [1.54, 1.807) is 55.6 Å². The van der Waals surface area contributed by atoms with E-state index in [1.165, 1.54) is 4.31 Å². The van der Waals surface area contributed by atoms with Crippen molar-refractivity contribution in [3.05, 3.63) is 59.7 Å². The highest BCUT2D eigenvalue weighted by Crippen LogP contribution is 2.18. The number of hydrogen-bond acceptors (Lipinski definition) is 6. The Bertz CT molecular complexity index is 1020. The Morgan fingerprint density at radius 3 is 2.16 bits per heavy atom. The SMILES string of the molecule is COc1ccc(CNC(=O)C(=O)NCCc2ccc(S(=O)(=O)N3CCOCC3)cc2)cc1. The van der Waals surface area contributed by atoms with Gasteiger partial charge < -0.3 is 20.1 Å². The van der Waals surface area contributed by atoms with Gasteiger partial charge in [0.15, 0.2) is 0 Å². The molecule has 1 saturated heterocycles. The molecule has 0 atom stereocenters. The zero-order chi connectivity index (χ0) is 23.0. The molecule has 0 unspecified atom stereocenters. The quantitative estimate of drug-likeness (QED) is 0.559. The first-order valence-electron chi connectivity index (χ1n) is 10.3. The molecule has 2 N–H and O–H groups in total. The van der Waals surface area contributed by atoms with Crippen LogP contribution in [0.15, 0.2) is 53.4 Å². The highest BCUT2D eigenvalue weighted by Gasteiger charge is 2.26. The molecular formula is C22H27N3O6S. The predicted molar refractivity (Wildman–Crippen MR) is 118 cm³/mol. The maximum Gasteiger partial charge on any atom is 0.309 e. The summed E-state index contributed by atoms with van der Waals surface area (Å²) in [6.07, 6.45) is 0.468. The molecule has 1 aliphatic heterocycles. The first-order chi connectivity index (χ1) is 15.4. The molecule has 0 saturated carbocycles. The smallest absolute Gasteiger partial charge is 0.309 e. The minimum atomic E-state index is -3.53. The van der Waals surface area contributed by atoms with E-state index >= 15 is 0 Å². The highest BCUT2D eigenvalue weighted by atomic mass is 32.2. The minimum Gasteiger partial charge on any atom is -0.497 e. The number of ether oxygens (including phenoxy) is 2. The predicted octanol–water partition coefficient (Wildman–Crippen LogP) is 0.691. The number of rotatable bonds is 8. The third-order valence-corrected chi connectivity index (χ3v) is 6.96. The molecule has 0 spiro atoms. The van der Waals surface area contributed by atoms with Crippen LogP contribution in [0.5, 0.6) is 5.75 Å². The standard InChI is InChI=1S/C22H27N3O6S/c1-30-19-6-2-18(3-7-19)16-24-22(27)21(26)23-11-10-17-4-8-20(9-5-17)32(28,29)25-12-14-31-15-13-25/h2-9H,10-16H2,1H3,(H,23,26)(H,24,27). The molecule has 1 heterocycles. The second-order valence-corrected chi connectivity index (χ2v) is 9.13. The lowest BCUT2D eigenvalue weighted by atomic mass is 10.1. The van der Waals surface area contributed by atoms with Gasteiger partial charge >= 0.3 is 11.8 Å². The van der Waals surface area contributed by atoms with Gasteiger partial charge in [-0.25, -0.2) is 8.42 Å². The van der Waals surface area contributed by atoms with Gasteiger partial charge in [-0.3, -0.25) is 9.59 Å². The van der Waals surface area contributed by atoms with E-state index in [0.717, 1.165) is 11.1 Å². The van der Waals surface area contributed by atoms with Gasteiger partial charge in [0.2, 0.25) is 10.0 Å². The van der Waals surface area contributed by atoms with Crippen molar-refractivity contribution in [3.63, 3.8) is 0 Å². The van der Waals surface area contributed by atoms with Crippen molar-refractivity contribution >= 4 is 21.8 Å². The van der Waals surface area contributed by atoms with E-state index in [-0.39, 0.29) is 18.0 Å². The topological polar surface area (TPSA) is 114 Å². The van der Waals surface area contributed by atoms with Gasteiger partial charge in [0, 0.05) is 26.2 Å². The number of carbonyl (C=O) groups excluding carboxylic acids is 2. The Balaban J connectivity index is 1.43. The summed E-state index contributed by atoms with van der Waals surface area (Å²) in [5.41, 5.74) is 1.70. The van der Waals surface area contributed by atoms with Crippen molar-refractivity contribution in [2.45, 2.75) is 17.9 Å². The number of carbonyl (C=O) groups is 2. The lowest BCUT2D eigenvalue weighted by Crippen LogP contribution is -2.40. The second-order valence-electron chi connectivity index (χ2n) is 7.20. The molecule has 9 nitrogen and oxygen atoms in total. The molecule has 0 aromatic heterocycles. The fourth-order valence-electron chi connectivity index (χ4n) is 3.17. The van der Waals surface area contributed by atoms with Gasteiger partial charge in [0.1, 0.15) is 5.75 Å². The maximum absolute atomic E-state index is 12.6. The van der Waals surface area contributed by atoms with Crippen LogP contribution in [-0.2, 0) is 37.3 Å². The number of hydrogen-bond donors (Lipinski definition) is 2. The lowest BCUT2D eigenvalue weighted by molar-refractivity contribution is -0.139. The van der Waals surface area contributed by atoms with Crippen LogP contribution >= 0.6 is 0 Å². The molecule has 10 heteroatoms. The average Bonchev–Trinajstić information content (AvgIpc) is 2.83. The van der Waals surface area contributed by atoms with Crippen LogP contribution in [0.1, 0.15) is 11.1 Å². The van der Waals surface area contributed by atoms with Gasteiger partial charge in [-0.15, -0.1) is 0 Å². The minimum absolute atomic E-state index is 0.227. The number of morpholine rings is 1. The third kappa shape index (κ3) is 6.28. The third-order valence-electron chi connectivity index (χ3n) is 5.05. The van der Waals surface area contributed by atoms with Crippen molar-refractivity contribution in [1.82, 2.24) is 14.9 Å². The number of nitrogens with one attached hydrogen (secondary N) is 2. The van der Waals surface area contributed by atoms with Crippen molar-refractivity contribution in [3.8, 4) is 5.75 Å². The van der Waals surface area contributed by atoms with Gasteiger partial charge in [0.05, 0.1) is 25.2 Å². The van der Waals surface area contributed by atoms with E-state index < -0.39 is 21.8 Å². The summed E-state index contributed by atoms with van der Waals surface area (Å²) in [5.74, 6) is -0.720. The molecule has 0 aliphatic carbocycles. The van der Waals surface area contributed by atoms with Gasteiger partial charge in [-0.2, -0.15) is 4.31 Å². The van der Waals surface area contributed by atoms with Crippen LogP contribution in [0.2, 0.25) is 0 Å². The van der Waals surface area contributed by atoms with Crippen molar-refractivity contribution in [1.29, 1.82) is 0 Å². The Labute approximate surface area is 187 Å². The summed E-state index contributed by atoms with van der Waals surface area (Å²) in [4.78, 5) is 24.2. The van der Waals surface area contributed by atoms with Crippen LogP contribution in [0, 0.1) is 0 Å². The number of sulfonamides is 1. The first-order valence-corrected chi connectivity index (χ1v) is 11.7. The highest BCUT2D eigenvalue weighted by molar-refractivity contribution is 7.89. The largest absolute Gasteiger partial charge is 0.497 e. The fraction of sp³-hybridized carbons (Fsp3) is 0.364. The Morgan fingerprint density at radius 1 is 0.938 bits per heavy atom. The fourth-order valence-corrected chi connectivity index (χ4v) is 4.58. The van der Waals surface area contributed by atoms with Crippen LogP contribution in [-0.4, -0.2) is 64.5 Å². The summed E-state index contributed by atoms with van der Waals surface area (Å²) >= 11 is 0. The monoisotopic (exact) mass is 461 g/mol. The Morgan fingerprint density at radius 2 is 1.53 bits per heavy atom. The van der Waals surface area contributed by atoms with Crippen molar-refractivity contribution < 1.29 is 27.5 Å². The first kappa shape index (κ1) is 23.7. The van der Waals surface area contributed by atoms with Gasteiger partial charge in [0.25, 0.3) is 0 Å². The normalized spacial score (nSPS) is 14.5. The van der Waals surface area contributed by atoms with Crippen LogP contribution in [0.4, 0.5) is 0 Å². The van der Waals surface area contributed by atoms with Crippen molar-refractivity contribution in [2.24, 2.45) is 0 Å². The van der Waals surface area contributed by atoms with E-state index in [2.05, 4.69) is 10.6 Å². The summed E-state index contributed by atoms with van der Waals surface area (Å²) in [5, 5.41) is 5.14. The lowest BCUT2D eigenvalue weighted by Gasteiger charge is -2.26. The van der Waals surface area contributed by atoms with Crippen LogP contribution in [0.3, 0.4) is 0 Å². The zero-order valence-corrected chi connectivity index (χ0v) is 18.7. The molecule has 2 amide bonds. The maximum atomic E-state index is 12.6. The number of benzene rings is 2. The Kier molecular flexibility index (Phi) is 8.20. The Hall–Kier alpha value is -2.95. The summed E-state index contributed by atoms with van der Waals surface area (Å²) < 4.78 is 37.0. The molecule has 3 rings (SSSR count). The molecule has 2 aromatic rings. The number of nitrogens with zero attached hydrogens (tertiary/aromatic N) is 1. The van der Waals surface area contributed by atoms with E-state index in [4.69, 9.17) is 9.47 Å². The van der Waals surface area contributed by atoms with E-state index in [0.29, 0.717) is 38.5 Å². The molecule has 172 valence electrons. The van der Waals surface area contributed by atoms with E-state index in [9.17, 15) is 18.0 Å². The summed E-state index contributed by atoms with van der Waals surface area (Å²) in [7, 11) is -1.96. The van der Waals surface area contributed by atoms with Crippen molar-refractivity contribution in [2.75, 3.05) is 40.0 Å². The number of amides is 2. The van der Waals surface area contributed by atoms with Crippen LogP contribution in [0.25, 0.3) is 0 Å². The number of methoxy groups -OCH3 is 1. The molecule has 1 fully saturated rings. The molecule has 2 aromatic carbocycles. The van der Waals surface area contributed by atoms with Gasteiger partial charge in [-0.1, -0.05) is 24.3 Å². The second kappa shape index (κ2) is 11.1. The summed E-state index contributed by atoms with van der Waals surface area (Å²) in [6.45, 7) is 1.96. The molecular weight excluding hydrogens is 434 g/mol. The molecule has 0 radical (unpaired) electrons. The van der Waals surface area contributed by atoms with Gasteiger partial charge in [-0.05, 0) is 41.8 Å². The zero-order valence-electron chi connectivity index (χ0n) is 17.9. The average molecular weight is 462 g/mol.